The van der Waals surface area contributed by atoms with Crippen LogP contribution in [-0.2, 0) is 9.53 Å². The number of benzene rings is 1. The van der Waals surface area contributed by atoms with Crippen LogP contribution in [-0.4, -0.2) is 49.0 Å². The lowest BCUT2D eigenvalue weighted by Gasteiger charge is -2.38. The Labute approximate surface area is 172 Å². The van der Waals surface area contributed by atoms with Crippen molar-refractivity contribution in [1.82, 2.24) is 10.2 Å². The van der Waals surface area contributed by atoms with Crippen molar-refractivity contribution < 1.29 is 19.1 Å². The van der Waals surface area contributed by atoms with Crippen molar-refractivity contribution in [2.75, 3.05) is 31.6 Å². The van der Waals surface area contributed by atoms with Gasteiger partial charge in [-0.25, -0.2) is 9.59 Å². The largest absolute Gasteiger partial charge is 0.462 e. The molecule has 7 nitrogen and oxygen atoms in total. The first-order valence-corrected chi connectivity index (χ1v) is 10.2. The Morgan fingerprint density at radius 3 is 2.76 bits per heavy atom. The normalized spacial score (nSPS) is 18.6. The molecule has 0 aromatic heterocycles. The lowest BCUT2D eigenvalue weighted by Crippen LogP contribution is -2.46. The van der Waals surface area contributed by atoms with Crippen LogP contribution in [0.4, 0.5) is 10.5 Å². The second-order valence-corrected chi connectivity index (χ2v) is 7.19. The van der Waals surface area contributed by atoms with Gasteiger partial charge in [-0.3, -0.25) is 4.79 Å². The molecule has 0 saturated carbocycles. The van der Waals surface area contributed by atoms with Gasteiger partial charge in [-0.1, -0.05) is 25.5 Å². The molecule has 158 valence electrons. The van der Waals surface area contributed by atoms with Crippen LogP contribution in [0.3, 0.4) is 0 Å². The molecule has 7 heteroatoms. The summed E-state index contributed by atoms with van der Waals surface area (Å²) < 4.78 is 5.00. The van der Waals surface area contributed by atoms with Crippen LogP contribution < -0.4 is 10.6 Å². The highest BCUT2D eigenvalue weighted by molar-refractivity contribution is 5.94. The predicted octanol–water partition coefficient (Wildman–Crippen LogP) is 3.44. The lowest BCUT2D eigenvalue weighted by molar-refractivity contribution is -0.122. The molecule has 2 N–H and O–H groups in total. The number of nitrogens with zero attached hydrogens (tertiary/aromatic N) is 1. The summed E-state index contributed by atoms with van der Waals surface area (Å²) in [6.07, 6.45) is 3.83. The van der Waals surface area contributed by atoms with E-state index in [2.05, 4.69) is 24.1 Å². The topological polar surface area (TPSA) is 87.7 Å². The van der Waals surface area contributed by atoms with Gasteiger partial charge in [-0.15, -0.1) is 6.58 Å². The van der Waals surface area contributed by atoms with E-state index in [1.807, 2.05) is 0 Å². The van der Waals surface area contributed by atoms with Gasteiger partial charge in [-0.2, -0.15) is 0 Å². The molecule has 1 saturated heterocycles. The van der Waals surface area contributed by atoms with E-state index < -0.39 is 5.97 Å². The average Bonchev–Trinajstić information content (AvgIpc) is 2.72. The highest BCUT2D eigenvalue weighted by Gasteiger charge is 2.31. The number of esters is 1. The zero-order chi connectivity index (χ0) is 21.2. The van der Waals surface area contributed by atoms with Crippen LogP contribution in [0.15, 0.2) is 36.9 Å². The van der Waals surface area contributed by atoms with E-state index in [0.717, 1.165) is 12.8 Å². The first kappa shape index (κ1) is 22.5. The second kappa shape index (κ2) is 11.2. The first-order chi connectivity index (χ1) is 14.0. The number of nitrogens with one attached hydrogen (secondary N) is 2. The quantitative estimate of drug-likeness (QED) is 0.516. The number of amides is 3. The predicted molar refractivity (Wildman–Crippen MR) is 113 cm³/mol. The fraction of sp³-hybridized carbons (Fsp3) is 0.500. The van der Waals surface area contributed by atoms with E-state index in [4.69, 9.17) is 4.74 Å². The van der Waals surface area contributed by atoms with E-state index in [9.17, 15) is 14.4 Å². The summed E-state index contributed by atoms with van der Waals surface area (Å²) in [4.78, 5) is 38.4. The average molecular weight is 402 g/mol. The van der Waals surface area contributed by atoms with Crippen molar-refractivity contribution >= 4 is 23.6 Å². The Bertz CT molecular complexity index is 735. The Hall–Kier alpha value is -2.83. The van der Waals surface area contributed by atoms with Crippen molar-refractivity contribution in [3.63, 3.8) is 0 Å². The Kier molecular flexibility index (Phi) is 8.70. The third-order valence-corrected chi connectivity index (χ3v) is 5.22. The molecular formula is C22H31N3O4. The number of anilines is 1. The fourth-order valence-corrected chi connectivity index (χ4v) is 3.63. The number of ether oxygens (including phenoxy) is 1. The molecule has 29 heavy (non-hydrogen) atoms. The van der Waals surface area contributed by atoms with E-state index >= 15 is 0 Å². The maximum Gasteiger partial charge on any atom is 0.338 e. The van der Waals surface area contributed by atoms with Crippen molar-refractivity contribution in [3.8, 4) is 0 Å². The molecule has 2 atom stereocenters. The Morgan fingerprint density at radius 1 is 1.28 bits per heavy atom. The highest BCUT2D eigenvalue weighted by Crippen LogP contribution is 2.29. The van der Waals surface area contributed by atoms with Crippen LogP contribution in [0.25, 0.3) is 0 Å². The van der Waals surface area contributed by atoms with E-state index in [1.165, 1.54) is 0 Å². The van der Waals surface area contributed by atoms with Crippen molar-refractivity contribution in [1.29, 1.82) is 0 Å². The number of likely N-dealkylation sites (tertiary alicyclic amines) is 1. The number of urea groups is 1. The summed E-state index contributed by atoms with van der Waals surface area (Å²) in [6.45, 7) is 9.43. The number of carbonyl (C=O) groups excluding carboxylic acids is 3. The van der Waals surface area contributed by atoms with E-state index in [1.54, 1.807) is 42.2 Å². The molecule has 0 unspecified atom stereocenters. The number of hydrogen-bond acceptors (Lipinski definition) is 4. The smallest absolute Gasteiger partial charge is 0.338 e. The minimum Gasteiger partial charge on any atom is -0.462 e. The third kappa shape index (κ3) is 6.62. The molecule has 0 bridgehead atoms. The summed E-state index contributed by atoms with van der Waals surface area (Å²) in [6, 6.07) is 6.53. The number of rotatable bonds is 8. The number of piperidine rings is 1. The standard InChI is InChI=1S/C22H31N3O4/c1-4-11-23-20(26)14-17-10-12-25(15-16(17)5-2)22(28)24-19-9-7-8-18(13-19)21(27)29-6-3/h4,7-9,13,16-17H,1,5-6,10-12,14-15H2,2-3H3,(H,23,26)(H,24,28)/t16-,17+/m1/s1. The molecular weight excluding hydrogens is 370 g/mol. The van der Waals surface area contributed by atoms with Crippen LogP contribution in [0.2, 0.25) is 0 Å². The van der Waals surface area contributed by atoms with E-state index in [0.29, 0.717) is 43.9 Å². The van der Waals surface area contributed by atoms with Gasteiger partial charge in [0, 0.05) is 31.7 Å². The van der Waals surface area contributed by atoms with Gasteiger partial charge in [0.15, 0.2) is 0 Å². The Morgan fingerprint density at radius 2 is 2.07 bits per heavy atom. The van der Waals surface area contributed by atoms with Crippen LogP contribution in [0.5, 0.6) is 0 Å². The minimum atomic E-state index is -0.412. The zero-order valence-corrected chi connectivity index (χ0v) is 17.3. The molecule has 2 rings (SSSR count). The third-order valence-electron chi connectivity index (χ3n) is 5.22. The molecule has 1 aliphatic heterocycles. The molecule has 0 aliphatic carbocycles. The van der Waals surface area contributed by atoms with Gasteiger partial charge in [-0.05, 0) is 43.4 Å². The first-order valence-electron chi connectivity index (χ1n) is 10.2. The maximum atomic E-state index is 12.7. The zero-order valence-electron chi connectivity index (χ0n) is 17.3. The number of hydrogen-bond donors (Lipinski definition) is 2. The van der Waals surface area contributed by atoms with Crippen LogP contribution in [0.1, 0.15) is 43.5 Å². The van der Waals surface area contributed by atoms with Gasteiger partial charge < -0.3 is 20.3 Å². The monoisotopic (exact) mass is 401 g/mol. The van der Waals surface area contributed by atoms with Gasteiger partial charge in [0.05, 0.1) is 12.2 Å². The van der Waals surface area contributed by atoms with Gasteiger partial charge >= 0.3 is 12.0 Å². The molecule has 1 heterocycles. The van der Waals surface area contributed by atoms with Gasteiger partial charge in [0.2, 0.25) is 5.91 Å². The second-order valence-electron chi connectivity index (χ2n) is 7.19. The van der Waals surface area contributed by atoms with Crippen molar-refractivity contribution in [3.05, 3.63) is 42.5 Å². The van der Waals surface area contributed by atoms with Crippen LogP contribution in [0, 0.1) is 11.8 Å². The van der Waals surface area contributed by atoms with E-state index in [-0.39, 0.29) is 23.8 Å². The molecule has 1 aromatic carbocycles. The Balaban J connectivity index is 1.94. The van der Waals surface area contributed by atoms with Gasteiger partial charge in [0.1, 0.15) is 0 Å². The SMILES string of the molecule is C=CCNC(=O)C[C@@H]1CCN(C(=O)Nc2cccc(C(=O)OCC)c2)C[C@H]1CC. The van der Waals surface area contributed by atoms with Crippen molar-refractivity contribution in [2.24, 2.45) is 11.8 Å². The van der Waals surface area contributed by atoms with Gasteiger partial charge in [0.25, 0.3) is 0 Å². The molecule has 1 fully saturated rings. The molecule has 1 aliphatic rings. The summed E-state index contributed by atoms with van der Waals surface area (Å²) in [5.41, 5.74) is 0.958. The fourth-order valence-electron chi connectivity index (χ4n) is 3.63. The highest BCUT2D eigenvalue weighted by atomic mass is 16.5. The van der Waals surface area contributed by atoms with Crippen molar-refractivity contribution in [2.45, 2.75) is 33.1 Å². The summed E-state index contributed by atoms with van der Waals surface area (Å²) in [5.74, 6) is 0.156. The molecule has 0 spiro atoms. The molecule has 3 amide bonds. The molecule has 1 aromatic rings. The minimum absolute atomic E-state index is 0.0297. The summed E-state index contributed by atoms with van der Waals surface area (Å²) in [5, 5.41) is 5.69. The molecule has 0 radical (unpaired) electrons. The lowest BCUT2D eigenvalue weighted by atomic mass is 9.81. The summed E-state index contributed by atoms with van der Waals surface area (Å²) >= 11 is 0. The summed E-state index contributed by atoms with van der Waals surface area (Å²) in [7, 11) is 0. The maximum absolute atomic E-state index is 12.7. The number of carbonyl (C=O) groups is 3. The van der Waals surface area contributed by atoms with Crippen LogP contribution >= 0.6 is 0 Å².